The van der Waals surface area contributed by atoms with Crippen LogP contribution in [-0.4, -0.2) is 49.7 Å². The molecule has 1 aliphatic rings. The highest BCUT2D eigenvalue weighted by Gasteiger charge is 2.30. The van der Waals surface area contributed by atoms with Crippen molar-refractivity contribution in [1.82, 2.24) is 24.6 Å². The molecule has 6 heteroatoms. The van der Waals surface area contributed by atoms with E-state index in [0.29, 0.717) is 0 Å². The van der Waals surface area contributed by atoms with Crippen LogP contribution in [0.25, 0.3) is 5.69 Å². The molecular weight excluding hydrogens is 330 g/mol. The summed E-state index contributed by atoms with van der Waals surface area (Å²) in [5, 5.41) is 4.31. The molecule has 1 atom stereocenters. The summed E-state index contributed by atoms with van der Waals surface area (Å²) in [7, 11) is 0. The standard InChI is InChI=1S/C19H23N5S/c1-25-13-3-10-23-12-8-17-18(21-14-20-17)19(23)15-4-6-16(7-5-15)24-11-2-9-22-24/h2,4-7,9,11,14,19H,3,8,10,12-13H2,1H3,(H,20,21)/t19-/m0/s1. The topological polar surface area (TPSA) is 49.7 Å². The molecule has 3 aromatic rings. The summed E-state index contributed by atoms with van der Waals surface area (Å²) < 4.78 is 1.89. The van der Waals surface area contributed by atoms with Crippen molar-refractivity contribution in [3.05, 3.63) is 66.0 Å². The lowest BCUT2D eigenvalue weighted by Gasteiger charge is -2.35. The van der Waals surface area contributed by atoms with E-state index in [-0.39, 0.29) is 6.04 Å². The highest BCUT2D eigenvalue weighted by molar-refractivity contribution is 7.98. The zero-order valence-corrected chi connectivity index (χ0v) is 15.2. The van der Waals surface area contributed by atoms with E-state index in [2.05, 4.69) is 50.5 Å². The van der Waals surface area contributed by atoms with Crippen LogP contribution in [0, 0.1) is 0 Å². The van der Waals surface area contributed by atoms with Crippen LogP contribution in [0.2, 0.25) is 0 Å². The lowest BCUT2D eigenvalue weighted by molar-refractivity contribution is 0.210. The second kappa shape index (κ2) is 7.45. The van der Waals surface area contributed by atoms with E-state index < -0.39 is 0 Å². The van der Waals surface area contributed by atoms with E-state index in [1.165, 1.54) is 29.1 Å². The van der Waals surface area contributed by atoms with Gasteiger partial charge in [0.05, 0.1) is 23.8 Å². The Morgan fingerprint density at radius 3 is 2.92 bits per heavy atom. The molecule has 0 radical (unpaired) electrons. The van der Waals surface area contributed by atoms with Gasteiger partial charge in [0.2, 0.25) is 0 Å². The number of hydrogen-bond acceptors (Lipinski definition) is 4. The van der Waals surface area contributed by atoms with E-state index >= 15 is 0 Å². The number of benzene rings is 1. The minimum absolute atomic E-state index is 0.239. The van der Waals surface area contributed by atoms with Gasteiger partial charge < -0.3 is 4.98 Å². The molecule has 25 heavy (non-hydrogen) atoms. The number of aromatic nitrogens is 4. The molecule has 1 aromatic carbocycles. The zero-order chi connectivity index (χ0) is 17.1. The molecule has 3 heterocycles. The summed E-state index contributed by atoms with van der Waals surface area (Å²) in [4.78, 5) is 10.5. The molecule has 0 unspecified atom stereocenters. The summed E-state index contributed by atoms with van der Waals surface area (Å²) in [5.74, 6) is 1.20. The third kappa shape index (κ3) is 3.37. The number of imidazole rings is 1. The maximum Gasteiger partial charge on any atom is 0.0926 e. The van der Waals surface area contributed by atoms with E-state index in [9.17, 15) is 0 Å². The van der Waals surface area contributed by atoms with E-state index in [4.69, 9.17) is 0 Å². The van der Waals surface area contributed by atoms with Gasteiger partial charge in [-0.15, -0.1) is 0 Å². The Bertz CT molecular complexity index is 794. The molecule has 130 valence electrons. The van der Waals surface area contributed by atoms with Gasteiger partial charge in [0.1, 0.15) is 0 Å². The molecule has 0 fully saturated rings. The predicted molar refractivity (Wildman–Crippen MR) is 102 cm³/mol. The summed E-state index contributed by atoms with van der Waals surface area (Å²) in [6.07, 6.45) is 10.0. The van der Waals surface area contributed by atoms with Crippen molar-refractivity contribution in [2.45, 2.75) is 18.9 Å². The number of H-pyrrole nitrogens is 1. The van der Waals surface area contributed by atoms with Crippen LogP contribution in [0.4, 0.5) is 0 Å². The first-order valence-electron chi connectivity index (χ1n) is 8.72. The van der Waals surface area contributed by atoms with Gasteiger partial charge in [-0.1, -0.05) is 12.1 Å². The van der Waals surface area contributed by atoms with Gasteiger partial charge in [-0.25, -0.2) is 9.67 Å². The first-order valence-corrected chi connectivity index (χ1v) is 10.1. The van der Waals surface area contributed by atoms with Gasteiger partial charge >= 0.3 is 0 Å². The molecule has 0 aliphatic carbocycles. The fraction of sp³-hybridized carbons (Fsp3) is 0.368. The van der Waals surface area contributed by atoms with Gasteiger partial charge in [-0.2, -0.15) is 16.9 Å². The van der Waals surface area contributed by atoms with Gasteiger partial charge in [-0.3, -0.25) is 4.90 Å². The summed E-state index contributed by atoms with van der Waals surface area (Å²) >= 11 is 1.92. The number of nitrogens with one attached hydrogen (secondary N) is 1. The van der Waals surface area contributed by atoms with Crippen molar-refractivity contribution < 1.29 is 0 Å². The maximum atomic E-state index is 4.65. The third-order valence-corrected chi connectivity index (χ3v) is 5.49. The number of hydrogen-bond donors (Lipinski definition) is 1. The van der Waals surface area contributed by atoms with Crippen LogP contribution in [0.15, 0.2) is 49.1 Å². The van der Waals surface area contributed by atoms with Crippen molar-refractivity contribution in [2.75, 3.05) is 25.1 Å². The van der Waals surface area contributed by atoms with Crippen LogP contribution >= 0.6 is 11.8 Å². The van der Waals surface area contributed by atoms with E-state index in [1.807, 2.05) is 35.0 Å². The van der Waals surface area contributed by atoms with E-state index in [1.54, 1.807) is 6.20 Å². The summed E-state index contributed by atoms with van der Waals surface area (Å²) in [5.41, 5.74) is 4.85. The van der Waals surface area contributed by atoms with Crippen LogP contribution < -0.4 is 0 Å². The SMILES string of the molecule is CSCCCN1CCc2[nH]cnc2[C@@H]1c1ccc(-n2cccn2)cc1. The Morgan fingerprint density at radius 1 is 1.28 bits per heavy atom. The van der Waals surface area contributed by atoms with Crippen LogP contribution in [0.3, 0.4) is 0 Å². The van der Waals surface area contributed by atoms with Crippen LogP contribution in [0.5, 0.6) is 0 Å². The number of thioether (sulfide) groups is 1. The van der Waals surface area contributed by atoms with Crippen molar-refractivity contribution >= 4 is 11.8 Å². The normalized spacial score (nSPS) is 17.6. The smallest absolute Gasteiger partial charge is 0.0926 e. The first kappa shape index (κ1) is 16.4. The second-order valence-electron chi connectivity index (χ2n) is 6.34. The Hall–Kier alpha value is -2.05. The summed E-state index contributed by atoms with van der Waals surface area (Å²) in [6, 6.07) is 10.9. The second-order valence-corrected chi connectivity index (χ2v) is 7.33. The molecule has 0 spiro atoms. The van der Waals surface area contributed by atoms with Gasteiger partial charge in [-0.05, 0) is 48.7 Å². The average Bonchev–Trinajstić information content (AvgIpc) is 3.33. The average molecular weight is 353 g/mol. The molecule has 0 amide bonds. The van der Waals surface area contributed by atoms with Crippen molar-refractivity contribution in [1.29, 1.82) is 0 Å². The lowest BCUT2D eigenvalue weighted by Crippen LogP contribution is -2.37. The molecule has 5 nitrogen and oxygen atoms in total. The molecule has 1 N–H and O–H groups in total. The molecule has 0 saturated carbocycles. The molecule has 2 aromatic heterocycles. The number of fused-ring (bicyclic) bond motifs is 1. The molecule has 0 saturated heterocycles. The van der Waals surface area contributed by atoms with Gasteiger partial charge in [0.15, 0.2) is 0 Å². The molecule has 4 rings (SSSR count). The van der Waals surface area contributed by atoms with Crippen LogP contribution in [0.1, 0.15) is 29.4 Å². The van der Waals surface area contributed by atoms with Crippen LogP contribution in [-0.2, 0) is 6.42 Å². The molecular formula is C19H23N5S. The Morgan fingerprint density at radius 2 is 2.16 bits per heavy atom. The fourth-order valence-electron chi connectivity index (χ4n) is 3.58. The predicted octanol–water partition coefficient (Wildman–Crippen LogP) is 3.30. The third-order valence-electron chi connectivity index (χ3n) is 4.80. The highest BCUT2D eigenvalue weighted by Crippen LogP contribution is 2.33. The first-order chi connectivity index (χ1) is 12.4. The number of aromatic amines is 1. The fourth-order valence-corrected chi connectivity index (χ4v) is 4.00. The Kier molecular flexibility index (Phi) is 4.90. The lowest BCUT2D eigenvalue weighted by atomic mass is 9.95. The van der Waals surface area contributed by atoms with Crippen molar-refractivity contribution in [3.8, 4) is 5.69 Å². The number of nitrogens with zero attached hydrogens (tertiary/aromatic N) is 4. The van der Waals surface area contributed by atoms with E-state index in [0.717, 1.165) is 25.2 Å². The van der Waals surface area contributed by atoms with Crippen molar-refractivity contribution in [3.63, 3.8) is 0 Å². The Balaban J connectivity index is 1.62. The summed E-state index contributed by atoms with van der Waals surface area (Å²) in [6.45, 7) is 2.19. The Labute approximate surface area is 152 Å². The zero-order valence-electron chi connectivity index (χ0n) is 14.4. The monoisotopic (exact) mass is 353 g/mol. The number of rotatable bonds is 6. The van der Waals surface area contributed by atoms with Crippen molar-refractivity contribution in [2.24, 2.45) is 0 Å². The van der Waals surface area contributed by atoms with Gasteiger partial charge in [0.25, 0.3) is 0 Å². The minimum Gasteiger partial charge on any atom is -0.348 e. The highest BCUT2D eigenvalue weighted by atomic mass is 32.2. The molecule has 1 aliphatic heterocycles. The minimum atomic E-state index is 0.239. The van der Waals surface area contributed by atoms with Gasteiger partial charge in [0, 0.05) is 31.1 Å². The largest absolute Gasteiger partial charge is 0.348 e. The molecule has 0 bridgehead atoms. The quantitative estimate of drug-likeness (QED) is 0.691. The maximum absolute atomic E-state index is 4.65.